The highest BCUT2D eigenvalue weighted by Crippen LogP contribution is 2.32. The summed E-state index contributed by atoms with van der Waals surface area (Å²) < 4.78 is 19.9. The molecule has 0 spiro atoms. The first-order valence-corrected chi connectivity index (χ1v) is 10.6. The molecule has 10 heteroatoms. The summed E-state index contributed by atoms with van der Waals surface area (Å²) in [6.07, 6.45) is 3.28. The number of hydrogen-bond acceptors (Lipinski definition) is 7. The van der Waals surface area contributed by atoms with Crippen molar-refractivity contribution in [3.8, 4) is 5.75 Å². The first kappa shape index (κ1) is 21.7. The Labute approximate surface area is 181 Å². The minimum absolute atomic E-state index is 0.160. The molecule has 7 nitrogen and oxygen atoms in total. The Bertz CT molecular complexity index is 1030. The summed E-state index contributed by atoms with van der Waals surface area (Å²) >= 11 is 2.62. The van der Waals surface area contributed by atoms with Gasteiger partial charge in [0.1, 0.15) is 16.6 Å². The topological polar surface area (TPSA) is 93.2 Å². The Morgan fingerprint density at radius 2 is 1.97 bits per heavy atom. The first-order valence-electron chi connectivity index (χ1n) is 9.00. The Morgan fingerprint density at radius 3 is 2.70 bits per heavy atom. The lowest BCUT2D eigenvalue weighted by atomic mass is 10.2. The standard InChI is InChI=1S/C20H19FN4O3S2/c1-12(2)11-28-15-9-13(21)6-7-14(15)24-18(26)19(27)25-20-23-10-17(30-20)29-16-5-3-4-8-22-16/h3-10,12H,11H2,1-2H3,(H,24,26)(H,23,25,27). The number of anilines is 2. The highest BCUT2D eigenvalue weighted by Gasteiger charge is 2.18. The number of ether oxygens (including phenoxy) is 1. The van der Waals surface area contributed by atoms with Gasteiger partial charge in [-0.1, -0.05) is 43.0 Å². The molecule has 3 rings (SSSR count). The number of amides is 2. The number of hydrogen-bond donors (Lipinski definition) is 2. The van der Waals surface area contributed by atoms with Gasteiger partial charge in [-0.25, -0.2) is 14.4 Å². The van der Waals surface area contributed by atoms with Gasteiger partial charge in [0.15, 0.2) is 5.13 Å². The first-order chi connectivity index (χ1) is 14.4. The van der Waals surface area contributed by atoms with Crippen LogP contribution in [0.5, 0.6) is 5.75 Å². The Balaban J connectivity index is 1.61. The van der Waals surface area contributed by atoms with Gasteiger partial charge in [0.05, 0.1) is 22.7 Å². The molecule has 0 saturated heterocycles. The zero-order valence-electron chi connectivity index (χ0n) is 16.2. The van der Waals surface area contributed by atoms with Crippen LogP contribution in [0.4, 0.5) is 15.2 Å². The van der Waals surface area contributed by atoms with E-state index in [1.165, 1.54) is 35.2 Å². The van der Waals surface area contributed by atoms with E-state index in [4.69, 9.17) is 4.74 Å². The van der Waals surface area contributed by atoms with E-state index < -0.39 is 17.6 Å². The van der Waals surface area contributed by atoms with E-state index in [0.717, 1.165) is 15.3 Å². The largest absolute Gasteiger partial charge is 0.491 e. The number of halogens is 1. The van der Waals surface area contributed by atoms with Gasteiger partial charge in [0, 0.05) is 12.3 Å². The van der Waals surface area contributed by atoms with Crippen molar-refractivity contribution >= 4 is 45.7 Å². The van der Waals surface area contributed by atoms with Crippen molar-refractivity contribution in [2.24, 2.45) is 5.92 Å². The predicted octanol–water partition coefficient (Wildman–Crippen LogP) is 4.44. The van der Waals surface area contributed by atoms with E-state index in [1.807, 2.05) is 32.0 Å². The fourth-order valence-electron chi connectivity index (χ4n) is 2.18. The second kappa shape index (κ2) is 10.2. The van der Waals surface area contributed by atoms with Crippen LogP contribution in [-0.2, 0) is 9.59 Å². The molecular formula is C20H19FN4O3S2. The van der Waals surface area contributed by atoms with Gasteiger partial charge < -0.3 is 10.1 Å². The van der Waals surface area contributed by atoms with E-state index in [1.54, 1.807) is 12.4 Å². The summed E-state index contributed by atoms with van der Waals surface area (Å²) in [6, 6.07) is 9.24. The molecule has 2 N–H and O–H groups in total. The molecule has 2 heterocycles. The molecule has 2 amide bonds. The fourth-order valence-corrected chi connectivity index (χ4v) is 3.96. The number of nitrogens with zero attached hydrogens (tertiary/aromatic N) is 2. The molecule has 0 bridgehead atoms. The number of pyridine rings is 1. The number of thiazole rings is 1. The van der Waals surface area contributed by atoms with Crippen LogP contribution in [0.15, 0.2) is 58.0 Å². The lowest BCUT2D eigenvalue weighted by Crippen LogP contribution is -2.29. The van der Waals surface area contributed by atoms with Gasteiger partial charge in [0.2, 0.25) is 0 Å². The van der Waals surface area contributed by atoms with E-state index >= 15 is 0 Å². The molecular weight excluding hydrogens is 427 g/mol. The Hall–Kier alpha value is -2.98. The SMILES string of the molecule is CC(C)COc1cc(F)ccc1NC(=O)C(=O)Nc1ncc(Sc2ccccn2)s1. The van der Waals surface area contributed by atoms with Crippen LogP contribution < -0.4 is 15.4 Å². The lowest BCUT2D eigenvalue weighted by molar-refractivity contribution is -0.133. The van der Waals surface area contributed by atoms with E-state index in [9.17, 15) is 14.0 Å². The molecule has 0 aliphatic carbocycles. The molecule has 0 radical (unpaired) electrons. The van der Waals surface area contributed by atoms with Crippen LogP contribution in [0.3, 0.4) is 0 Å². The van der Waals surface area contributed by atoms with Crippen molar-refractivity contribution in [2.45, 2.75) is 23.1 Å². The van der Waals surface area contributed by atoms with Crippen LogP contribution in [0.1, 0.15) is 13.8 Å². The number of rotatable bonds is 7. The van der Waals surface area contributed by atoms with Gasteiger partial charge in [-0.05, 0) is 30.2 Å². The van der Waals surface area contributed by atoms with Crippen LogP contribution in [0.2, 0.25) is 0 Å². The Morgan fingerprint density at radius 1 is 1.17 bits per heavy atom. The zero-order chi connectivity index (χ0) is 21.5. The highest BCUT2D eigenvalue weighted by molar-refractivity contribution is 8.01. The number of benzene rings is 1. The van der Waals surface area contributed by atoms with Crippen molar-refractivity contribution in [3.63, 3.8) is 0 Å². The van der Waals surface area contributed by atoms with Crippen molar-refractivity contribution in [1.82, 2.24) is 9.97 Å². The molecule has 0 atom stereocenters. The predicted molar refractivity (Wildman–Crippen MR) is 114 cm³/mol. The third kappa shape index (κ3) is 6.26. The highest BCUT2D eigenvalue weighted by atomic mass is 32.2. The third-order valence-corrected chi connectivity index (χ3v) is 5.48. The second-order valence-electron chi connectivity index (χ2n) is 6.51. The maximum atomic E-state index is 13.5. The summed E-state index contributed by atoms with van der Waals surface area (Å²) in [4.78, 5) is 32.8. The summed E-state index contributed by atoms with van der Waals surface area (Å²) in [5.74, 6) is -1.93. The van der Waals surface area contributed by atoms with E-state index in [2.05, 4.69) is 20.6 Å². The van der Waals surface area contributed by atoms with Crippen LogP contribution in [0, 0.1) is 11.7 Å². The molecule has 0 saturated carbocycles. The molecule has 2 aromatic heterocycles. The molecule has 0 aliphatic rings. The van der Waals surface area contributed by atoms with Gasteiger partial charge in [0.25, 0.3) is 0 Å². The normalized spacial score (nSPS) is 10.7. The van der Waals surface area contributed by atoms with Gasteiger partial charge in [-0.3, -0.25) is 14.9 Å². The molecule has 0 unspecified atom stereocenters. The van der Waals surface area contributed by atoms with Crippen LogP contribution in [0.25, 0.3) is 0 Å². The molecule has 1 aromatic carbocycles. The van der Waals surface area contributed by atoms with Gasteiger partial charge in [-0.2, -0.15) is 0 Å². The van der Waals surface area contributed by atoms with Crippen molar-refractivity contribution in [2.75, 3.05) is 17.2 Å². The molecule has 3 aromatic rings. The second-order valence-corrected chi connectivity index (χ2v) is 8.86. The average molecular weight is 447 g/mol. The molecule has 156 valence electrons. The number of carbonyl (C=O) groups excluding carboxylic acids is 2. The molecule has 0 aliphatic heterocycles. The van der Waals surface area contributed by atoms with Crippen molar-refractivity contribution < 1.29 is 18.7 Å². The minimum atomic E-state index is -0.912. The van der Waals surface area contributed by atoms with Crippen molar-refractivity contribution in [3.05, 3.63) is 54.6 Å². The Kier molecular flexibility index (Phi) is 7.36. The maximum Gasteiger partial charge on any atom is 0.315 e. The summed E-state index contributed by atoms with van der Waals surface area (Å²) in [5, 5.41) is 5.98. The average Bonchev–Trinajstić information content (AvgIpc) is 3.15. The molecule has 0 fully saturated rings. The quantitative estimate of drug-likeness (QED) is 0.521. The third-order valence-electron chi connectivity index (χ3n) is 3.52. The number of nitrogens with one attached hydrogen (secondary N) is 2. The smallest absolute Gasteiger partial charge is 0.315 e. The minimum Gasteiger partial charge on any atom is -0.491 e. The maximum absolute atomic E-state index is 13.5. The van der Waals surface area contributed by atoms with Crippen LogP contribution in [-0.4, -0.2) is 28.4 Å². The monoisotopic (exact) mass is 446 g/mol. The summed E-state index contributed by atoms with van der Waals surface area (Å²) in [6.45, 7) is 4.23. The molecule has 30 heavy (non-hydrogen) atoms. The zero-order valence-corrected chi connectivity index (χ0v) is 17.8. The van der Waals surface area contributed by atoms with E-state index in [-0.39, 0.29) is 22.5 Å². The van der Waals surface area contributed by atoms with Crippen LogP contribution >= 0.6 is 23.1 Å². The fraction of sp³-hybridized carbons (Fsp3) is 0.200. The number of aromatic nitrogens is 2. The lowest BCUT2D eigenvalue weighted by Gasteiger charge is -2.13. The van der Waals surface area contributed by atoms with Gasteiger partial charge in [-0.15, -0.1) is 0 Å². The summed E-state index contributed by atoms with van der Waals surface area (Å²) in [5.41, 5.74) is 0.211. The van der Waals surface area contributed by atoms with E-state index in [0.29, 0.717) is 6.61 Å². The number of carbonyl (C=O) groups is 2. The van der Waals surface area contributed by atoms with Crippen molar-refractivity contribution in [1.29, 1.82) is 0 Å². The summed E-state index contributed by atoms with van der Waals surface area (Å²) in [7, 11) is 0. The van der Waals surface area contributed by atoms with Gasteiger partial charge >= 0.3 is 11.8 Å².